The molecule has 1 atom stereocenters. The van der Waals surface area contributed by atoms with Crippen LogP contribution in [0.25, 0.3) is 10.8 Å². The molecular weight excluding hydrogens is 405 g/mol. The van der Waals surface area contributed by atoms with Crippen molar-refractivity contribution >= 4 is 34.0 Å². The molecule has 5 rings (SSSR count). The van der Waals surface area contributed by atoms with E-state index in [4.69, 9.17) is 0 Å². The number of nitrogens with zero attached hydrogens (tertiary/aromatic N) is 1. The Hall–Kier alpha value is -4.32. The zero-order valence-corrected chi connectivity index (χ0v) is 16.9. The first kappa shape index (κ1) is 19.6. The first-order chi connectivity index (χ1) is 15.6. The number of para-hydroxylation sites is 1. The van der Waals surface area contributed by atoms with Crippen molar-refractivity contribution in [3.05, 3.63) is 114 Å². The monoisotopic (exact) mass is 423 g/mol. The molecule has 0 spiro atoms. The molecule has 0 bridgehead atoms. The fourth-order valence-electron chi connectivity index (χ4n) is 3.76. The van der Waals surface area contributed by atoms with Crippen LogP contribution in [0.5, 0.6) is 0 Å². The largest absolute Gasteiger partial charge is 0.322 e. The second-order valence-corrected chi connectivity index (χ2v) is 7.43. The van der Waals surface area contributed by atoms with Crippen LogP contribution >= 0.6 is 0 Å². The highest BCUT2D eigenvalue weighted by molar-refractivity contribution is 6.20. The maximum Gasteiger partial charge on any atom is 0.269 e. The number of aliphatic imine (C=N–C) groups is 1. The van der Waals surface area contributed by atoms with Gasteiger partial charge in [-0.3, -0.25) is 9.59 Å². The number of anilines is 1. The third-order valence-electron chi connectivity index (χ3n) is 5.36. The van der Waals surface area contributed by atoms with Crippen LogP contribution in [0.3, 0.4) is 0 Å². The fraction of sp³-hybridized carbons (Fsp3) is 0.0385. The van der Waals surface area contributed by atoms with Crippen molar-refractivity contribution in [3.63, 3.8) is 0 Å². The van der Waals surface area contributed by atoms with Crippen molar-refractivity contribution in [2.45, 2.75) is 6.17 Å². The number of benzodiazepines with no additional fused rings is 1. The predicted octanol–water partition coefficient (Wildman–Crippen LogP) is 4.52. The van der Waals surface area contributed by atoms with E-state index in [0.29, 0.717) is 22.5 Å². The Labute approximate surface area is 183 Å². The second-order valence-electron chi connectivity index (χ2n) is 7.43. The third kappa shape index (κ3) is 3.63. The lowest BCUT2D eigenvalue weighted by Crippen LogP contribution is -2.42. The van der Waals surface area contributed by atoms with Gasteiger partial charge in [0.05, 0.1) is 11.4 Å². The Morgan fingerprint density at radius 1 is 0.844 bits per heavy atom. The molecule has 0 saturated heterocycles. The number of hydrogen-bond acceptors (Lipinski definition) is 3. The van der Waals surface area contributed by atoms with Gasteiger partial charge in [0.15, 0.2) is 0 Å². The summed E-state index contributed by atoms with van der Waals surface area (Å²) in [5.41, 5.74) is 2.03. The van der Waals surface area contributed by atoms with Crippen molar-refractivity contribution in [2.75, 3.05) is 5.32 Å². The van der Waals surface area contributed by atoms with Crippen LogP contribution in [0.15, 0.2) is 96.0 Å². The van der Waals surface area contributed by atoms with Gasteiger partial charge in [-0.15, -0.1) is 0 Å². The second kappa shape index (κ2) is 8.07. The maximum absolute atomic E-state index is 14.6. The van der Waals surface area contributed by atoms with Gasteiger partial charge < -0.3 is 10.6 Å². The van der Waals surface area contributed by atoms with E-state index in [1.165, 1.54) is 6.07 Å². The van der Waals surface area contributed by atoms with Crippen molar-refractivity contribution in [2.24, 2.45) is 4.99 Å². The maximum atomic E-state index is 14.6. The van der Waals surface area contributed by atoms with Gasteiger partial charge in [0.2, 0.25) is 6.17 Å². The molecule has 0 radical (unpaired) electrons. The van der Waals surface area contributed by atoms with E-state index in [9.17, 15) is 14.0 Å². The van der Waals surface area contributed by atoms with Crippen LogP contribution in [-0.4, -0.2) is 23.7 Å². The number of carbonyl (C=O) groups is 2. The van der Waals surface area contributed by atoms with Gasteiger partial charge in [-0.05, 0) is 41.1 Å². The van der Waals surface area contributed by atoms with E-state index >= 15 is 0 Å². The topological polar surface area (TPSA) is 70.6 Å². The van der Waals surface area contributed by atoms with Crippen molar-refractivity contribution in [1.82, 2.24) is 5.32 Å². The average Bonchev–Trinajstić information content (AvgIpc) is 2.95. The van der Waals surface area contributed by atoms with Gasteiger partial charge in [0.25, 0.3) is 11.8 Å². The minimum Gasteiger partial charge on any atom is -0.322 e. The molecule has 0 unspecified atom stereocenters. The van der Waals surface area contributed by atoms with E-state index in [-0.39, 0.29) is 5.56 Å². The van der Waals surface area contributed by atoms with Gasteiger partial charge >= 0.3 is 0 Å². The van der Waals surface area contributed by atoms with E-state index < -0.39 is 23.8 Å². The van der Waals surface area contributed by atoms with Crippen molar-refractivity contribution in [1.29, 1.82) is 0 Å². The fourth-order valence-corrected chi connectivity index (χ4v) is 3.76. The highest BCUT2D eigenvalue weighted by Crippen LogP contribution is 2.25. The summed E-state index contributed by atoms with van der Waals surface area (Å²) < 4.78 is 14.6. The summed E-state index contributed by atoms with van der Waals surface area (Å²) in [6.45, 7) is 0. The van der Waals surface area contributed by atoms with Crippen molar-refractivity contribution in [3.8, 4) is 0 Å². The molecule has 1 aliphatic heterocycles. The minimum absolute atomic E-state index is 0.251. The molecule has 0 aliphatic carbocycles. The molecule has 2 N–H and O–H groups in total. The summed E-state index contributed by atoms with van der Waals surface area (Å²) >= 11 is 0. The average molecular weight is 423 g/mol. The van der Waals surface area contributed by atoms with E-state index in [1.807, 2.05) is 30.3 Å². The van der Waals surface area contributed by atoms with Crippen LogP contribution in [0.2, 0.25) is 0 Å². The molecule has 0 fully saturated rings. The normalized spacial score (nSPS) is 15.3. The Balaban J connectivity index is 1.54. The van der Waals surface area contributed by atoms with E-state index in [0.717, 1.165) is 10.8 Å². The first-order valence-corrected chi connectivity index (χ1v) is 10.1. The molecule has 4 aromatic rings. The summed E-state index contributed by atoms with van der Waals surface area (Å²) in [5.74, 6) is -1.41. The number of amides is 2. The molecule has 1 heterocycles. The van der Waals surface area contributed by atoms with Crippen LogP contribution in [0.4, 0.5) is 10.1 Å². The quantitative estimate of drug-likeness (QED) is 0.509. The number of halogens is 1. The lowest BCUT2D eigenvalue weighted by molar-refractivity contribution is -0.117. The number of fused-ring (bicyclic) bond motifs is 2. The zero-order valence-electron chi connectivity index (χ0n) is 16.9. The first-order valence-electron chi connectivity index (χ1n) is 10.1. The summed E-state index contributed by atoms with van der Waals surface area (Å²) in [7, 11) is 0. The lowest BCUT2D eigenvalue weighted by atomic mass is 10.0. The lowest BCUT2D eigenvalue weighted by Gasteiger charge is -2.14. The summed E-state index contributed by atoms with van der Waals surface area (Å²) in [6, 6.07) is 26.3. The number of rotatable bonds is 3. The number of carbonyl (C=O) groups excluding carboxylic acids is 2. The summed E-state index contributed by atoms with van der Waals surface area (Å²) in [5, 5.41) is 7.39. The van der Waals surface area contributed by atoms with Gasteiger partial charge in [0.1, 0.15) is 5.82 Å². The molecule has 156 valence electrons. The van der Waals surface area contributed by atoms with Gasteiger partial charge in [-0.2, -0.15) is 0 Å². The predicted molar refractivity (Wildman–Crippen MR) is 122 cm³/mol. The smallest absolute Gasteiger partial charge is 0.269 e. The molecule has 1 aliphatic rings. The Morgan fingerprint density at radius 3 is 2.34 bits per heavy atom. The van der Waals surface area contributed by atoms with Crippen molar-refractivity contribution < 1.29 is 14.0 Å². The van der Waals surface area contributed by atoms with Gasteiger partial charge in [0, 0.05) is 16.7 Å². The molecular formula is C26H18FN3O2. The van der Waals surface area contributed by atoms with Gasteiger partial charge in [-0.1, -0.05) is 60.7 Å². The van der Waals surface area contributed by atoms with Crippen LogP contribution in [-0.2, 0) is 4.79 Å². The molecule has 4 aromatic carbocycles. The summed E-state index contributed by atoms with van der Waals surface area (Å²) in [4.78, 5) is 30.3. The van der Waals surface area contributed by atoms with Gasteiger partial charge in [-0.25, -0.2) is 9.38 Å². The SMILES string of the molecule is O=C(N[C@H]1N=C(c2ccccc2F)c2ccccc2NC1=O)c1ccc2ccccc2c1. The van der Waals surface area contributed by atoms with Crippen LogP contribution in [0.1, 0.15) is 21.5 Å². The molecule has 6 heteroatoms. The molecule has 0 aromatic heterocycles. The van der Waals surface area contributed by atoms with E-state index in [2.05, 4.69) is 15.6 Å². The minimum atomic E-state index is -1.23. The number of benzene rings is 4. The Morgan fingerprint density at radius 2 is 1.53 bits per heavy atom. The zero-order chi connectivity index (χ0) is 22.1. The summed E-state index contributed by atoms with van der Waals surface area (Å²) in [6.07, 6.45) is -1.23. The number of nitrogens with one attached hydrogen (secondary N) is 2. The molecule has 5 nitrogen and oxygen atoms in total. The van der Waals surface area contributed by atoms with Crippen LogP contribution in [0, 0.1) is 5.82 Å². The Bertz CT molecular complexity index is 1400. The highest BCUT2D eigenvalue weighted by Gasteiger charge is 2.28. The van der Waals surface area contributed by atoms with Crippen LogP contribution < -0.4 is 10.6 Å². The van der Waals surface area contributed by atoms with E-state index in [1.54, 1.807) is 54.6 Å². The third-order valence-corrected chi connectivity index (χ3v) is 5.36. The Kier molecular flexibility index (Phi) is 4.95. The molecule has 32 heavy (non-hydrogen) atoms. The highest BCUT2D eigenvalue weighted by atomic mass is 19.1. The molecule has 2 amide bonds. The number of hydrogen-bond donors (Lipinski definition) is 2. The molecule has 0 saturated carbocycles. The standard InChI is InChI=1S/C26H18FN3O2/c27-21-11-5-3-9-19(21)23-20-10-4-6-12-22(20)28-26(32)24(29-23)30-25(31)18-14-13-16-7-1-2-8-17(16)15-18/h1-15,24H,(H,28,32)(H,30,31)/t24-/m1/s1.